The first-order valence-corrected chi connectivity index (χ1v) is 5.28. The smallest absolute Gasteiger partial charge is 0.220 e. The molecule has 64 valence electrons. The molecule has 0 aromatic carbocycles. The molecule has 0 aromatic heterocycles. The van der Waals surface area contributed by atoms with Gasteiger partial charge in [0.1, 0.15) is 6.10 Å². The van der Waals surface area contributed by atoms with Gasteiger partial charge in [0.05, 0.1) is 6.61 Å². The Bertz CT molecular complexity index is 132. The van der Waals surface area contributed by atoms with E-state index in [0.717, 1.165) is 19.4 Å². The van der Waals surface area contributed by atoms with Crippen molar-refractivity contribution in [2.75, 3.05) is 19.5 Å². The van der Waals surface area contributed by atoms with Crippen LogP contribution in [0.15, 0.2) is 0 Å². The van der Waals surface area contributed by atoms with Crippen LogP contribution < -0.4 is 0 Å². The van der Waals surface area contributed by atoms with Crippen LogP contribution >= 0.6 is 24.0 Å². The number of thioether (sulfide) groups is 1. The van der Waals surface area contributed by atoms with Gasteiger partial charge < -0.3 is 9.47 Å². The topological polar surface area (TPSA) is 18.5 Å². The van der Waals surface area contributed by atoms with Crippen molar-refractivity contribution in [3.63, 3.8) is 0 Å². The first kappa shape index (κ1) is 9.29. The van der Waals surface area contributed by atoms with Gasteiger partial charge in [-0.2, -0.15) is 0 Å². The summed E-state index contributed by atoms with van der Waals surface area (Å²) in [6.45, 7) is 1.56. The molecule has 2 nitrogen and oxygen atoms in total. The largest absolute Gasteiger partial charge is 0.473 e. The van der Waals surface area contributed by atoms with Gasteiger partial charge in [-0.3, -0.25) is 0 Å². The molecular formula is C7H12O2S2. The third-order valence-corrected chi connectivity index (χ3v) is 2.57. The molecule has 0 saturated carbocycles. The predicted octanol–water partition coefficient (Wildman–Crippen LogP) is 1.83. The molecule has 11 heavy (non-hydrogen) atoms. The molecule has 0 bridgehead atoms. The van der Waals surface area contributed by atoms with Gasteiger partial charge in [-0.05, 0) is 31.3 Å². The summed E-state index contributed by atoms with van der Waals surface area (Å²) in [6.07, 6.45) is 4.28. The van der Waals surface area contributed by atoms with Gasteiger partial charge in [-0.15, -0.1) is 0 Å². The maximum Gasteiger partial charge on any atom is 0.220 e. The van der Waals surface area contributed by atoms with Crippen molar-refractivity contribution >= 4 is 28.4 Å². The Morgan fingerprint density at radius 3 is 3.09 bits per heavy atom. The first-order chi connectivity index (χ1) is 5.33. The van der Waals surface area contributed by atoms with Gasteiger partial charge in [-0.1, -0.05) is 11.8 Å². The maximum absolute atomic E-state index is 5.41. The molecule has 1 heterocycles. The summed E-state index contributed by atoms with van der Waals surface area (Å²) in [5.41, 5.74) is 0. The fourth-order valence-electron chi connectivity index (χ4n) is 0.988. The van der Waals surface area contributed by atoms with E-state index in [0.29, 0.717) is 11.0 Å². The molecule has 1 rings (SSSR count). The van der Waals surface area contributed by atoms with Crippen molar-refractivity contribution < 1.29 is 9.47 Å². The van der Waals surface area contributed by atoms with Crippen molar-refractivity contribution in [2.45, 2.75) is 18.9 Å². The average Bonchev–Trinajstić information content (AvgIpc) is 2.06. The Morgan fingerprint density at radius 2 is 2.55 bits per heavy atom. The van der Waals surface area contributed by atoms with Crippen molar-refractivity contribution in [3.05, 3.63) is 0 Å². The van der Waals surface area contributed by atoms with Crippen molar-refractivity contribution in [3.8, 4) is 0 Å². The minimum atomic E-state index is 0.198. The van der Waals surface area contributed by atoms with Crippen LogP contribution in [0, 0.1) is 0 Å². The van der Waals surface area contributed by atoms with Crippen LogP contribution in [0.3, 0.4) is 0 Å². The monoisotopic (exact) mass is 192 g/mol. The maximum atomic E-state index is 5.41. The Hall–Kier alpha value is 0.200. The van der Waals surface area contributed by atoms with E-state index in [1.807, 2.05) is 6.26 Å². The van der Waals surface area contributed by atoms with E-state index in [1.54, 1.807) is 0 Å². The van der Waals surface area contributed by atoms with Crippen molar-refractivity contribution in [2.24, 2.45) is 0 Å². The Kier molecular flexibility index (Phi) is 4.18. The number of hydrogen-bond acceptors (Lipinski definition) is 4. The highest BCUT2D eigenvalue weighted by atomic mass is 32.2. The zero-order valence-corrected chi connectivity index (χ0v) is 8.17. The molecule has 0 aromatic rings. The predicted molar refractivity (Wildman–Crippen MR) is 51.0 cm³/mol. The quantitative estimate of drug-likeness (QED) is 0.590. The highest BCUT2D eigenvalue weighted by Crippen LogP contribution is 2.13. The van der Waals surface area contributed by atoms with Crippen LogP contribution in [0.25, 0.3) is 0 Å². The molecule has 1 atom stereocenters. The molecule has 1 aliphatic rings. The Morgan fingerprint density at radius 1 is 1.73 bits per heavy atom. The number of hydrogen-bond donors (Lipinski definition) is 0. The molecule has 4 heteroatoms. The lowest BCUT2D eigenvalue weighted by molar-refractivity contribution is 0.00509. The summed E-state index contributed by atoms with van der Waals surface area (Å²) < 4.78 is 11.3. The summed E-state index contributed by atoms with van der Waals surface area (Å²) in [4.78, 5) is 0. The average molecular weight is 192 g/mol. The van der Waals surface area contributed by atoms with Crippen molar-refractivity contribution in [1.29, 1.82) is 0 Å². The van der Waals surface area contributed by atoms with Gasteiger partial charge >= 0.3 is 0 Å². The van der Waals surface area contributed by atoms with Crippen molar-refractivity contribution in [1.82, 2.24) is 0 Å². The Balaban J connectivity index is 2.19. The summed E-state index contributed by atoms with van der Waals surface area (Å²) >= 11 is 6.39. The second-order valence-corrected chi connectivity index (χ2v) is 3.82. The standard InChI is InChI=1S/C7H12O2S2/c1-11-7(10)9-6-3-2-4-8-5-6/h6H,2-5H2,1H3. The second-order valence-electron chi connectivity index (χ2n) is 2.41. The van der Waals surface area contributed by atoms with Crippen LogP contribution in [0.2, 0.25) is 0 Å². The fraction of sp³-hybridized carbons (Fsp3) is 0.857. The van der Waals surface area contributed by atoms with E-state index >= 15 is 0 Å². The van der Waals surface area contributed by atoms with E-state index in [-0.39, 0.29) is 6.10 Å². The van der Waals surface area contributed by atoms with E-state index in [2.05, 4.69) is 0 Å². The SMILES string of the molecule is CSC(=S)OC1CCCOC1. The van der Waals surface area contributed by atoms with E-state index in [4.69, 9.17) is 21.7 Å². The molecule has 1 aliphatic heterocycles. The van der Waals surface area contributed by atoms with Gasteiger partial charge in [0.2, 0.25) is 4.38 Å². The second kappa shape index (κ2) is 4.95. The Labute approximate surface area is 76.6 Å². The highest BCUT2D eigenvalue weighted by molar-refractivity contribution is 8.22. The zero-order valence-electron chi connectivity index (χ0n) is 6.54. The molecule has 0 amide bonds. The summed E-state index contributed by atoms with van der Waals surface area (Å²) in [5.74, 6) is 0. The molecule has 1 saturated heterocycles. The van der Waals surface area contributed by atoms with Crippen LogP contribution in [0.5, 0.6) is 0 Å². The molecule has 0 spiro atoms. The molecular weight excluding hydrogens is 180 g/mol. The minimum Gasteiger partial charge on any atom is -0.473 e. The molecule has 0 N–H and O–H groups in total. The zero-order chi connectivity index (χ0) is 8.10. The van der Waals surface area contributed by atoms with Crippen LogP contribution in [-0.2, 0) is 9.47 Å². The minimum absolute atomic E-state index is 0.198. The van der Waals surface area contributed by atoms with Gasteiger partial charge in [-0.25, -0.2) is 0 Å². The molecule has 0 radical (unpaired) electrons. The third-order valence-electron chi connectivity index (χ3n) is 1.55. The number of rotatable bonds is 1. The summed E-state index contributed by atoms with van der Waals surface area (Å²) in [7, 11) is 0. The lowest BCUT2D eigenvalue weighted by Crippen LogP contribution is -2.26. The normalized spacial score (nSPS) is 24.6. The van der Waals surface area contributed by atoms with Gasteiger partial charge in [0.15, 0.2) is 0 Å². The number of thiocarbonyl (C=S) groups is 1. The highest BCUT2D eigenvalue weighted by Gasteiger charge is 2.15. The third kappa shape index (κ3) is 3.40. The number of ether oxygens (including phenoxy) is 2. The van der Waals surface area contributed by atoms with Crippen LogP contribution in [0.4, 0.5) is 0 Å². The van der Waals surface area contributed by atoms with Crippen LogP contribution in [0.1, 0.15) is 12.8 Å². The summed E-state index contributed by atoms with van der Waals surface area (Å²) in [5, 5.41) is 0. The van der Waals surface area contributed by atoms with E-state index in [9.17, 15) is 0 Å². The van der Waals surface area contributed by atoms with Gasteiger partial charge in [0, 0.05) is 6.61 Å². The molecule has 0 aliphatic carbocycles. The summed E-state index contributed by atoms with van der Waals surface area (Å²) in [6, 6.07) is 0. The lowest BCUT2D eigenvalue weighted by atomic mass is 10.2. The van der Waals surface area contributed by atoms with Crippen LogP contribution in [-0.4, -0.2) is 30.0 Å². The molecule has 1 unspecified atom stereocenters. The van der Waals surface area contributed by atoms with Gasteiger partial charge in [0.25, 0.3) is 0 Å². The van der Waals surface area contributed by atoms with E-state index < -0.39 is 0 Å². The fourth-order valence-corrected chi connectivity index (χ4v) is 1.36. The first-order valence-electron chi connectivity index (χ1n) is 3.65. The van der Waals surface area contributed by atoms with E-state index in [1.165, 1.54) is 11.8 Å². The lowest BCUT2D eigenvalue weighted by Gasteiger charge is -2.22. The molecule has 1 fully saturated rings.